The van der Waals surface area contributed by atoms with Gasteiger partial charge in [-0.3, -0.25) is 0 Å². The molecule has 1 aliphatic heterocycles. The molecule has 0 aliphatic carbocycles. The summed E-state index contributed by atoms with van der Waals surface area (Å²) in [5.41, 5.74) is 6.28. The van der Waals surface area contributed by atoms with Crippen LogP contribution in [0.1, 0.15) is 54.6 Å². The summed E-state index contributed by atoms with van der Waals surface area (Å²) < 4.78 is 8.52. The first-order valence-electron chi connectivity index (χ1n) is 13.5. The van der Waals surface area contributed by atoms with E-state index in [1.54, 1.807) is 0 Å². The van der Waals surface area contributed by atoms with E-state index in [0.717, 1.165) is 36.0 Å². The van der Waals surface area contributed by atoms with Crippen LogP contribution in [0.3, 0.4) is 0 Å². The average Bonchev–Trinajstić information content (AvgIpc) is 3.27. The number of hydrogen-bond acceptors (Lipinski definition) is 3. The lowest BCUT2D eigenvalue weighted by Gasteiger charge is -2.33. The van der Waals surface area contributed by atoms with Crippen LogP contribution in [-0.4, -0.2) is 34.1 Å². The maximum absolute atomic E-state index is 6.14. The molecule has 4 nitrogen and oxygen atoms in total. The first kappa shape index (κ1) is 24.6. The Bertz CT molecular complexity index is 1250. The van der Waals surface area contributed by atoms with Gasteiger partial charge in [-0.15, -0.1) is 0 Å². The summed E-state index contributed by atoms with van der Waals surface area (Å²) in [6, 6.07) is 25.8. The smallest absolute Gasteiger partial charge is 0.148 e. The third kappa shape index (κ3) is 5.82. The van der Waals surface area contributed by atoms with Crippen LogP contribution in [0.2, 0.25) is 0 Å². The van der Waals surface area contributed by atoms with Crippen molar-refractivity contribution in [3.05, 3.63) is 95.3 Å². The lowest BCUT2D eigenvalue weighted by molar-refractivity contribution is 0.181. The van der Waals surface area contributed by atoms with Crippen molar-refractivity contribution in [2.45, 2.75) is 59.1 Å². The van der Waals surface area contributed by atoms with E-state index in [-0.39, 0.29) is 0 Å². The Morgan fingerprint density at radius 2 is 1.67 bits per heavy atom. The van der Waals surface area contributed by atoms with Crippen molar-refractivity contribution in [1.29, 1.82) is 0 Å². The summed E-state index contributed by atoms with van der Waals surface area (Å²) in [6.07, 6.45) is 3.67. The highest BCUT2D eigenvalue weighted by Crippen LogP contribution is 2.28. The van der Waals surface area contributed by atoms with Crippen molar-refractivity contribution in [3.63, 3.8) is 0 Å². The molecule has 188 valence electrons. The Kier molecular flexibility index (Phi) is 7.72. The van der Waals surface area contributed by atoms with E-state index in [1.165, 1.54) is 54.7 Å². The highest BCUT2D eigenvalue weighted by atomic mass is 16.5. The zero-order chi connectivity index (χ0) is 24.9. The average molecular weight is 482 g/mol. The van der Waals surface area contributed by atoms with Gasteiger partial charge >= 0.3 is 0 Å². The molecule has 2 heterocycles. The van der Waals surface area contributed by atoms with E-state index in [2.05, 4.69) is 90.9 Å². The SMILES string of the molecule is Cc1ccc(OCc2nc3c(C)cccc3n2CCC(C)CN2CCC(c3ccccc3)CC2)cc1. The molecule has 1 saturated heterocycles. The highest BCUT2D eigenvalue weighted by molar-refractivity contribution is 5.79. The summed E-state index contributed by atoms with van der Waals surface area (Å²) >= 11 is 0. The van der Waals surface area contributed by atoms with Crippen molar-refractivity contribution in [2.24, 2.45) is 5.92 Å². The van der Waals surface area contributed by atoms with Gasteiger partial charge in [-0.25, -0.2) is 4.98 Å². The van der Waals surface area contributed by atoms with Gasteiger partial charge in [0, 0.05) is 13.1 Å². The quantitative estimate of drug-likeness (QED) is 0.255. The molecule has 0 N–H and O–H groups in total. The fraction of sp³-hybridized carbons (Fsp3) is 0.406. The van der Waals surface area contributed by atoms with Crippen LogP contribution in [0, 0.1) is 19.8 Å². The van der Waals surface area contributed by atoms with E-state index in [1.807, 2.05) is 12.1 Å². The molecule has 0 saturated carbocycles. The minimum atomic E-state index is 0.485. The zero-order valence-corrected chi connectivity index (χ0v) is 22.0. The second-order valence-electron chi connectivity index (χ2n) is 10.6. The molecule has 36 heavy (non-hydrogen) atoms. The van der Waals surface area contributed by atoms with Crippen LogP contribution in [0.4, 0.5) is 0 Å². The Morgan fingerprint density at radius 3 is 2.42 bits per heavy atom. The van der Waals surface area contributed by atoms with Gasteiger partial charge in [0.05, 0.1) is 11.0 Å². The van der Waals surface area contributed by atoms with Crippen LogP contribution in [0.5, 0.6) is 5.75 Å². The standard InChI is InChI=1S/C32H39N3O/c1-24-12-14-29(15-13-24)36-23-31-33-32-26(3)8-7-11-30(32)35(31)21-16-25(2)22-34-19-17-28(18-20-34)27-9-5-4-6-10-27/h4-15,25,28H,16-23H2,1-3H3. The molecule has 0 bridgehead atoms. The van der Waals surface area contributed by atoms with Gasteiger partial charge in [0.15, 0.2) is 0 Å². The number of benzene rings is 3. The van der Waals surface area contributed by atoms with Gasteiger partial charge in [-0.05, 0) is 87.4 Å². The van der Waals surface area contributed by atoms with Crippen molar-refractivity contribution in [1.82, 2.24) is 14.5 Å². The molecule has 1 aliphatic rings. The lowest BCUT2D eigenvalue weighted by Crippen LogP contribution is -2.36. The summed E-state index contributed by atoms with van der Waals surface area (Å²) in [5, 5.41) is 0. The molecule has 3 aromatic carbocycles. The first-order valence-corrected chi connectivity index (χ1v) is 13.5. The van der Waals surface area contributed by atoms with Crippen molar-refractivity contribution in [2.75, 3.05) is 19.6 Å². The number of rotatable bonds is 9. The second-order valence-corrected chi connectivity index (χ2v) is 10.6. The number of fused-ring (bicyclic) bond motifs is 1. The van der Waals surface area contributed by atoms with E-state index >= 15 is 0 Å². The molecule has 0 radical (unpaired) electrons. The molecule has 4 heteroatoms. The molecule has 1 aromatic heterocycles. The topological polar surface area (TPSA) is 30.3 Å². The number of likely N-dealkylation sites (tertiary alicyclic amines) is 1. The maximum atomic E-state index is 6.14. The third-order valence-electron chi connectivity index (χ3n) is 7.72. The van der Waals surface area contributed by atoms with Gasteiger partial charge in [0.25, 0.3) is 0 Å². The van der Waals surface area contributed by atoms with E-state index in [9.17, 15) is 0 Å². The van der Waals surface area contributed by atoms with Gasteiger partial charge in [0.2, 0.25) is 0 Å². The van der Waals surface area contributed by atoms with Gasteiger partial charge in [-0.2, -0.15) is 0 Å². The minimum absolute atomic E-state index is 0.485. The minimum Gasteiger partial charge on any atom is -0.486 e. The fourth-order valence-corrected chi connectivity index (χ4v) is 5.53. The Morgan fingerprint density at radius 1 is 0.917 bits per heavy atom. The number of ether oxygens (including phenoxy) is 1. The molecule has 1 unspecified atom stereocenters. The number of hydrogen-bond donors (Lipinski definition) is 0. The second kappa shape index (κ2) is 11.3. The summed E-state index contributed by atoms with van der Waals surface area (Å²) in [6.45, 7) is 11.7. The number of nitrogens with zero attached hydrogens (tertiary/aromatic N) is 3. The molecular weight excluding hydrogens is 442 g/mol. The van der Waals surface area contributed by atoms with E-state index < -0.39 is 0 Å². The van der Waals surface area contributed by atoms with Crippen molar-refractivity contribution >= 4 is 11.0 Å². The van der Waals surface area contributed by atoms with Gasteiger partial charge < -0.3 is 14.2 Å². The molecule has 0 spiro atoms. The van der Waals surface area contributed by atoms with Crippen LogP contribution in [0.25, 0.3) is 11.0 Å². The molecular formula is C32H39N3O. The number of para-hydroxylation sites is 1. The largest absolute Gasteiger partial charge is 0.486 e. The fourth-order valence-electron chi connectivity index (χ4n) is 5.53. The number of aryl methyl sites for hydroxylation is 3. The lowest BCUT2D eigenvalue weighted by atomic mass is 9.89. The number of aromatic nitrogens is 2. The Hall–Kier alpha value is -3.11. The first-order chi connectivity index (χ1) is 17.6. The van der Waals surface area contributed by atoms with Crippen molar-refractivity contribution < 1.29 is 4.74 Å². The third-order valence-corrected chi connectivity index (χ3v) is 7.72. The van der Waals surface area contributed by atoms with Crippen LogP contribution < -0.4 is 4.74 Å². The molecule has 0 amide bonds. The molecule has 1 fully saturated rings. The number of imidazole rings is 1. The van der Waals surface area contributed by atoms with Crippen LogP contribution in [0.15, 0.2) is 72.8 Å². The highest BCUT2D eigenvalue weighted by Gasteiger charge is 2.22. The molecule has 4 aromatic rings. The maximum Gasteiger partial charge on any atom is 0.148 e. The molecule has 5 rings (SSSR count). The Balaban J connectivity index is 1.20. The predicted molar refractivity (Wildman–Crippen MR) is 149 cm³/mol. The Labute approximate surface area is 215 Å². The van der Waals surface area contributed by atoms with Crippen LogP contribution in [-0.2, 0) is 13.2 Å². The number of piperidine rings is 1. The summed E-state index contributed by atoms with van der Waals surface area (Å²) in [7, 11) is 0. The monoisotopic (exact) mass is 481 g/mol. The summed E-state index contributed by atoms with van der Waals surface area (Å²) in [4.78, 5) is 7.67. The normalized spacial score (nSPS) is 15.9. The summed E-state index contributed by atoms with van der Waals surface area (Å²) in [5.74, 6) is 3.25. The van der Waals surface area contributed by atoms with Gasteiger partial charge in [-0.1, -0.05) is 67.1 Å². The van der Waals surface area contributed by atoms with Gasteiger partial charge in [0.1, 0.15) is 18.2 Å². The van der Waals surface area contributed by atoms with Crippen LogP contribution >= 0.6 is 0 Å². The zero-order valence-electron chi connectivity index (χ0n) is 22.0. The van der Waals surface area contributed by atoms with E-state index in [4.69, 9.17) is 9.72 Å². The predicted octanol–water partition coefficient (Wildman–Crippen LogP) is 7.14. The van der Waals surface area contributed by atoms with Crippen molar-refractivity contribution in [3.8, 4) is 5.75 Å². The molecule has 1 atom stereocenters. The van der Waals surface area contributed by atoms with E-state index in [0.29, 0.717) is 12.5 Å².